The van der Waals surface area contributed by atoms with Gasteiger partial charge in [-0.2, -0.15) is 0 Å². The molecule has 1 rings (SSSR count). The predicted molar refractivity (Wildman–Crippen MR) is 124 cm³/mol. The fourth-order valence-corrected chi connectivity index (χ4v) is 8.45. The zero-order chi connectivity index (χ0) is 21.5. The van der Waals surface area contributed by atoms with Crippen LogP contribution in [0.2, 0.25) is 0 Å². The van der Waals surface area contributed by atoms with Crippen molar-refractivity contribution in [2.24, 2.45) is 0 Å². The van der Waals surface area contributed by atoms with Crippen molar-refractivity contribution in [2.75, 3.05) is 32.2 Å². The normalized spacial score (nSPS) is 14.4. The first-order chi connectivity index (χ1) is 14.0. The molecule has 0 saturated carbocycles. The molecule has 0 radical (unpaired) electrons. The Kier molecular flexibility index (Phi) is 11.0. The van der Waals surface area contributed by atoms with Crippen molar-refractivity contribution >= 4 is 9.70 Å². The van der Waals surface area contributed by atoms with E-state index in [-0.39, 0.29) is 0 Å². The molecule has 0 spiro atoms. The Bertz CT molecular complexity index is 524. The second kappa shape index (κ2) is 12.2. The number of rotatable bonds is 18. The molecule has 0 heterocycles. The molecule has 0 unspecified atom stereocenters. The lowest BCUT2D eigenvalue weighted by Gasteiger charge is -2.73. The maximum absolute atomic E-state index is 6.61. The summed E-state index contributed by atoms with van der Waals surface area (Å²) < 4.78 is 32.2. The predicted octanol–water partition coefficient (Wildman–Crippen LogP) is 7.41. The molecule has 0 saturated heterocycles. The van der Waals surface area contributed by atoms with Gasteiger partial charge < -0.3 is 4.18 Å². The van der Waals surface area contributed by atoms with Gasteiger partial charge in [0.1, 0.15) is 5.75 Å². The van der Waals surface area contributed by atoms with E-state index in [1.54, 1.807) is 0 Å². The first-order valence-corrected chi connectivity index (χ1v) is 13.7. The van der Waals surface area contributed by atoms with Crippen LogP contribution < -0.4 is 4.18 Å². The highest BCUT2D eigenvalue weighted by Gasteiger charge is 2.66. The fourth-order valence-electron chi connectivity index (χ4n) is 3.74. The molecule has 5 nitrogen and oxygen atoms in total. The van der Waals surface area contributed by atoms with Crippen molar-refractivity contribution in [1.29, 1.82) is 0 Å². The monoisotopic (exact) mass is 432 g/mol. The van der Waals surface area contributed by atoms with Gasteiger partial charge in [-0.05, 0) is 46.2 Å². The summed E-state index contributed by atoms with van der Waals surface area (Å²) in [6, 6.07) is 9.58. The molecular formula is C23H44O5S. The van der Waals surface area contributed by atoms with Gasteiger partial charge in [-0.3, -0.25) is 16.7 Å². The molecule has 0 N–H and O–H groups in total. The Hall–Kier alpha value is -0.790. The molecular weight excluding hydrogens is 388 g/mol. The van der Waals surface area contributed by atoms with E-state index in [1.165, 1.54) is 32.1 Å². The largest absolute Gasteiger partial charge is 0.388 e. The minimum absolute atomic E-state index is 0.366. The summed E-state index contributed by atoms with van der Waals surface area (Å²) in [6.07, 6.45) is 8.17. The summed E-state index contributed by atoms with van der Waals surface area (Å²) in [4.78, 5) is 0. The lowest BCUT2D eigenvalue weighted by atomic mass is 10.1. The van der Waals surface area contributed by atoms with E-state index in [9.17, 15) is 0 Å². The van der Waals surface area contributed by atoms with Crippen molar-refractivity contribution in [3.63, 3.8) is 0 Å². The molecule has 0 amide bonds. The van der Waals surface area contributed by atoms with Crippen LogP contribution in [0.1, 0.15) is 79.6 Å². The van der Waals surface area contributed by atoms with Gasteiger partial charge in [0, 0.05) is 0 Å². The van der Waals surface area contributed by atoms with E-state index in [4.69, 9.17) is 20.9 Å². The molecule has 0 aliphatic carbocycles. The molecule has 0 aliphatic heterocycles. The van der Waals surface area contributed by atoms with Gasteiger partial charge in [-0.15, -0.1) is 0 Å². The summed E-state index contributed by atoms with van der Waals surface area (Å²) in [5.41, 5.74) is 0. The van der Waals surface area contributed by atoms with E-state index >= 15 is 0 Å². The highest BCUT2D eigenvalue weighted by atomic mass is 32.4. The number of para-hydroxylation sites is 1. The summed E-state index contributed by atoms with van der Waals surface area (Å²) in [5.74, 6) is 1.06. The van der Waals surface area contributed by atoms with Crippen LogP contribution in [0.15, 0.2) is 30.3 Å². The van der Waals surface area contributed by atoms with Crippen molar-refractivity contribution < 1.29 is 20.9 Å². The van der Waals surface area contributed by atoms with Gasteiger partial charge >= 0.3 is 0 Å². The van der Waals surface area contributed by atoms with Crippen LogP contribution in [0.25, 0.3) is 0 Å². The Morgan fingerprint density at radius 2 is 1.03 bits per heavy atom. The summed E-state index contributed by atoms with van der Waals surface area (Å²) in [5, 5.41) is 0. The van der Waals surface area contributed by atoms with Crippen LogP contribution >= 0.6 is 9.70 Å². The Balaban J connectivity index is 3.25. The second-order valence-electron chi connectivity index (χ2n) is 7.12. The van der Waals surface area contributed by atoms with E-state index in [2.05, 4.69) is 6.92 Å². The van der Waals surface area contributed by atoms with E-state index in [0.29, 0.717) is 37.9 Å². The Morgan fingerprint density at radius 1 is 0.586 bits per heavy atom. The van der Waals surface area contributed by atoms with Gasteiger partial charge in [0.05, 0.1) is 32.2 Å². The smallest absolute Gasteiger partial charge is 0.155 e. The van der Waals surface area contributed by atoms with Crippen LogP contribution in [0.4, 0.5) is 0 Å². The lowest BCUT2D eigenvalue weighted by Crippen LogP contribution is -2.52. The van der Waals surface area contributed by atoms with Gasteiger partial charge in [0.15, 0.2) is 9.70 Å². The van der Waals surface area contributed by atoms with Crippen LogP contribution in [0.3, 0.4) is 0 Å². The average molecular weight is 433 g/mol. The van der Waals surface area contributed by atoms with Gasteiger partial charge in [0.2, 0.25) is 0 Å². The van der Waals surface area contributed by atoms with Crippen LogP contribution in [-0.2, 0) is 16.7 Å². The topological polar surface area (TPSA) is 46.2 Å². The van der Waals surface area contributed by atoms with E-state index in [1.807, 2.05) is 58.0 Å². The standard InChI is InChI=1S/C23H44O5S/c1-6-11-12-13-14-15-19-22-29(24-7-2,25-8-3,26-9-4,27-10-5)28-23-20-17-16-18-21-23/h16-18,20-21H,6-15,19,22H2,1-5H3. The quantitative estimate of drug-likeness (QED) is 0.226. The third-order valence-corrected chi connectivity index (χ3v) is 9.63. The molecule has 0 aromatic heterocycles. The minimum atomic E-state index is -4.68. The average Bonchev–Trinajstić information content (AvgIpc) is 2.69. The molecule has 0 aliphatic rings. The Morgan fingerprint density at radius 3 is 1.48 bits per heavy atom. The van der Waals surface area contributed by atoms with Crippen LogP contribution in [0, 0.1) is 0 Å². The molecule has 29 heavy (non-hydrogen) atoms. The molecule has 172 valence electrons. The van der Waals surface area contributed by atoms with Crippen LogP contribution in [0.5, 0.6) is 5.75 Å². The zero-order valence-corrected chi connectivity index (χ0v) is 20.1. The maximum atomic E-state index is 6.61. The maximum Gasteiger partial charge on any atom is 0.155 e. The number of hydrogen-bond donors (Lipinski definition) is 0. The Labute approximate surface area is 178 Å². The molecule has 1 aromatic rings. The summed E-state index contributed by atoms with van der Waals surface area (Å²) in [6.45, 7) is 11.4. The van der Waals surface area contributed by atoms with Crippen molar-refractivity contribution in [1.82, 2.24) is 0 Å². The van der Waals surface area contributed by atoms with Crippen LogP contribution in [-0.4, -0.2) is 32.2 Å². The van der Waals surface area contributed by atoms with Crippen molar-refractivity contribution in [3.8, 4) is 5.75 Å². The zero-order valence-electron chi connectivity index (χ0n) is 19.3. The van der Waals surface area contributed by atoms with E-state index in [0.717, 1.165) is 12.8 Å². The lowest BCUT2D eigenvalue weighted by molar-refractivity contribution is -0.000133. The van der Waals surface area contributed by atoms with Crippen molar-refractivity contribution in [3.05, 3.63) is 30.3 Å². The first kappa shape index (κ1) is 26.2. The first-order valence-electron chi connectivity index (χ1n) is 11.4. The number of benzene rings is 1. The molecule has 6 heteroatoms. The highest BCUT2D eigenvalue weighted by molar-refractivity contribution is 8.47. The third kappa shape index (κ3) is 6.86. The van der Waals surface area contributed by atoms with E-state index < -0.39 is 9.70 Å². The molecule has 1 aromatic carbocycles. The fraction of sp³-hybridized carbons (Fsp3) is 0.739. The van der Waals surface area contributed by atoms with Gasteiger partial charge in [-0.25, -0.2) is 0 Å². The molecule has 0 atom stereocenters. The third-order valence-electron chi connectivity index (χ3n) is 4.77. The number of hydrogen-bond acceptors (Lipinski definition) is 5. The summed E-state index contributed by atoms with van der Waals surface area (Å²) in [7, 11) is -4.68. The molecule has 0 fully saturated rings. The minimum Gasteiger partial charge on any atom is -0.388 e. The van der Waals surface area contributed by atoms with Gasteiger partial charge in [-0.1, -0.05) is 63.6 Å². The second-order valence-corrected chi connectivity index (χ2v) is 11.2. The molecule has 0 bridgehead atoms. The van der Waals surface area contributed by atoms with Crippen molar-refractivity contribution in [2.45, 2.75) is 79.6 Å². The SMILES string of the molecule is CCCCCCCCCS(OCC)(OCC)(OCC)(OCC)Oc1ccccc1. The van der Waals surface area contributed by atoms with Gasteiger partial charge in [0.25, 0.3) is 0 Å². The number of unbranched alkanes of at least 4 members (excludes halogenated alkanes) is 6. The highest BCUT2D eigenvalue weighted by Crippen LogP contribution is 2.92. The summed E-state index contributed by atoms with van der Waals surface area (Å²) >= 11 is 0.